The molecule has 0 saturated heterocycles. The van der Waals surface area contributed by atoms with Gasteiger partial charge < -0.3 is 9.88 Å². The number of imidazole rings is 1. The van der Waals surface area contributed by atoms with Crippen LogP contribution < -0.4 is 5.32 Å². The van der Waals surface area contributed by atoms with Crippen LogP contribution in [0.3, 0.4) is 0 Å². The minimum absolute atomic E-state index is 0.0513. The molecule has 0 fully saturated rings. The van der Waals surface area contributed by atoms with E-state index in [-0.39, 0.29) is 11.8 Å². The third kappa shape index (κ3) is 3.84. The number of hydrogen-bond donors (Lipinski definition) is 1. The number of halogens is 1. The van der Waals surface area contributed by atoms with Gasteiger partial charge in [0.05, 0.1) is 0 Å². The zero-order valence-corrected chi connectivity index (χ0v) is 13.7. The minimum atomic E-state index is 0.0513. The molecule has 1 amide bonds. The Balaban J connectivity index is 1.40. The topological polar surface area (TPSA) is 46.9 Å². The van der Waals surface area contributed by atoms with Crippen molar-refractivity contribution in [1.29, 1.82) is 0 Å². The van der Waals surface area contributed by atoms with Gasteiger partial charge in [0.1, 0.15) is 5.82 Å². The van der Waals surface area contributed by atoms with Crippen molar-refractivity contribution < 1.29 is 4.79 Å². The summed E-state index contributed by atoms with van der Waals surface area (Å²) in [4.78, 5) is 17.7. The second-order valence-electron chi connectivity index (χ2n) is 5.32. The summed E-state index contributed by atoms with van der Waals surface area (Å²) in [5, 5.41) is 3.78. The number of fused-ring (bicyclic) bond motifs is 1. The Morgan fingerprint density at radius 2 is 2.23 bits per heavy atom. The van der Waals surface area contributed by atoms with Crippen LogP contribution in [0.1, 0.15) is 12.2 Å². The van der Waals surface area contributed by atoms with Gasteiger partial charge in [0, 0.05) is 53.5 Å². The number of carbonyl (C=O) groups is 1. The quantitative estimate of drug-likeness (QED) is 0.675. The third-order valence-corrected chi connectivity index (χ3v) is 5.07. The molecule has 1 aromatic carbocycles. The van der Waals surface area contributed by atoms with E-state index >= 15 is 0 Å². The first kappa shape index (κ1) is 15.4. The summed E-state index contributed by atoms with van der Waals surface area (Å²) >= 11 is 7.57. The SMILES string of the molecule is O=C(NCCSc1ccc(Cl)cc1)C1CCn2ccnc2C1. The molecule has 2 heterocycles. The summed E-state index contributed by atoms with van der Waals surface area (Å²) in [5.74, 6) is 2.07. The molecule has 0 radical (unpaired) electrons. The molecular weight excluding hydrogens is 318 g/mol. The van der Waals surface area contributed by atoms with Gasteiger partial charge in [-0.05, 0) is 30.7 Å². The van der Waals surface area contributed by atoms with Crippen molar-refractivity contribution in [1.82, 2.24) is 14.9 Å². The highest BCUT2D eigenvalue weighted by Gasteiger charge is 2.24. The van der Waals surface area contributed by atoms with Crippen LogP contribution in [0.25, 0.3) is 0 Å². The van der Waals surface area contributed by atoms with E-state index in [0.717, 1.165) is 36.0 Å². The van der Waals surface area contributed by atoms with Gasteiger partial charge in [0.15, 0.2) is 0 Å². The van der Waals surface area contributed by atoms with E-state index in [1.165, 1.54) is 4.90 Å². The largest absolute Gasteiger partial charge is 0.355 e. The molecule has 0 spiro atoms. The number of carbonyl (C=O) groups excluding carboxylic acids is 1. The molecule has 0 aliphatic carbocycles. The summed E-state index contributed by atoms with van der Waals surface area (Å²) in [5.41, 5.74) is 0. The van der Waals surface area contributed by atoms with Crippen molar-refractivity contribution in [2.45, 2.75) is 24.3 Å². The smallest absolute Gasteiger partial charge is 0.223 e. The Morgan fingerprint density at radius 1 is 1.41 bits per heavy atom. The minimum Gasteiger partial charge on any atom is -0.355 e. The Morgan fingerprint density at radius 3 is 3.05 bits per heavy atom. The third-order valence-electron chi connectivity index (χ3n) is 3.80. The van der Waals surface area contributed by atoms with E-state index < -0.39 is 0 Å². The highest BCUT2D eigenvalue weighted by molar-refractivity contribution is 7.99. The Labute approximate surface area is 139 Å². The maximum atomic E-state index is 12.2. The van der Waals surface area contributed by atoms with Crippen molar-refractivity contribution >= 4 is 29.3 Å². The highest BCUT2D eigenvalue weighted by Crippen LogP contribution is 2.21. The van der Waals surface area contributed by atoms with Crippen molar-refractivity contribution in [3.05, 3.63) is 47.5 Å². The molecule has 3 rings (SSSR count). The number of nitrogens with one attached hydrogen (secondary N) is 1. The number of thioether (sulfide) groups is 1. The zero-order valence-electron chi connectivity index (χ0n) is 12.2. The lowest BCUT2D eigenvalue weighted by molar-refractivity contribution is -0.125. The molecule has 1 aliphatic rings. The summed E-state index contributed by atoms with van der Waals surface area (Å²) in [7, 11) is 0. The second kappa shape index (κ2) is 7.20. The van der Waals surface area contributed by atoms with Gasteiger partial charge in [-0.25, -0.2) is 4.98 Å². The van der Waals surface area contributed by atoms with Crippen LogP contribution in [0.5, 0.6) is 0 Å². The van der Waals surface area contributed by atoms with E-state index in [4.69, 9.17) is 11.6 Å². The summed E-state index contributed by atoms with van der Waals surface area (Å²) < 4.78 is 2.13. The highest BCUT2D eigenvalue weighted by atomic mass is 35.5. The van der Waals surface area contributed by atoms with E-state index in [1.54, 1.807) is 18.0 Å². The Hall–Kier alpha value is -1.46. The van der Waals surface area contributed by atoms with Crippen LogP contribution in [0, 0.1) is 5.92 Å². The lowest BCUT2D eigenvalue weighted by Gasteiger charge is -2.22. The monoisotopic (exact) mass is 335 g/mol. The summed E-state index contributed by atoms with van der Waals surface area (Å²) in [6.07, 6.45) is 5.41. The number of hydrogen-bond acceptors (Lipinski definition) is 3. The first-order chi connectivity index (χ1) is 10.7. The average molecular weight is 336 g/mol. The van der Waals surface area contributed by atoms with Crippen molar-refractivity contribution in [2.24, 2.45) is 5.92 Å². The van der Waals surface area contributed by atoms with Crippen LogP contribution in [0.4, 0.5) is 0 Å². The Kier molecular flexibility index (Phi) is 5.05. The summed E-state index contributed by atoms with van der Waals surface area (Å²) in [6, 6.07) is 7.75. The van der Waals surface area contributed by atoms with Gasteiger partial charge >= 0.3 is 0 Å². The fourth-order valence-electron chi connectivity index (χ4n) is 2.59. The van der Waals surface area contributed by atoms with E-state index in [0.29, 0.717) is 6.54 Å². The maximum absolute atomic E-state index is 12.2. The Bertz CT molecular complexity index is 641. The first-order valence-corrected chi connectivity index (χ1v) is 8.75. The van der Waals surface area contributed by atoms with Crippen LogP contribution in [-0.4, -0.2) is 27.8 Å². The molecule has 22 heavy (non-hydrogen) atoms. The molecule has 1 N–H and O–H groups in total. The second-order valence-corrected chi connectivity index (χ2v) is 6.92. The molecule has 4 nitrogen and oxygen atoms in total. The van der Waals surface area contributed by atoms with E-state index in [1.807, 2.05) is 30.5 Å². The van der Waals surface area contributed by atoms with Gasteiger partial charge in [-0.15, -0.1) is 11.8 Å². The van der Waals surface area contributed by atoms with Gasteiger partial charge in [-0.1, -0.05) is 11.6 Å². The fraction of sp³-hybridized carbons (Fsp3) is 0.375. The molecular formula is C16H18ClN3OS. The van der Waals surface area contributed by atoms with Crippen LogP contribution in [-0.2, 0) is 17.8 Å². The molecule has 6 heteroatoms. The summed E-state index contributed by atoms with van der Waals surface area (Å²) in [6.45, 7) is 1.56. The van der Waals surface area contributed by atoms with Crippen LogP contribution in [0.15, 0.2) is 41.6 Å². The molecule has 1 atom stereocenters. The van der Waals surface area contributed by atoms with Gasteiger partial charge in [-0.2, -0.15) is 0 Å². The normalized spacial score (nSPS) is 17.0. The molecule has 1 aromatic heterocycles. The maximum Gasteiger partial charge on any atom is 0.223 e. The number of nitrogens with zero attached hydrogens (tertiary/aromatic N) is 2. The predicted molar refractivity (Wildman–Crippen MR) is 89.2 cm³/mol. The molecule has 0 saturated carbocycles. The number of benzene rings is 1. The van der Waals surface area contributed by atoms with Crippen LogP contribution >= 0.6 is 23.4 Å². The van der Waals surface area contributed by atoms with Crippen molar-refractivity contribution in [3.63, 3.8) is 0 Å². The molecule has 1 unspecified atom stereocenters. The van der Waals surface area contributed by atoms with Gasteiger partial charge in [0.2, 0.25) is 5.91 Å². The lowest BCUT2D eigenvalue weighted by Crippen LogP contribution is -2.36. The average Bonchev–Trinajstić information content (AvgIpc) is 3.00. The standard InChI is InChI=1S/C16H18ClN3OS/c17-13-1-3-14(4-2-13)22-10-7-19-16(21)12-5-8-20-9-6-18-15(20)11-12/h1-4,6,9,12H,5,7-8,10-11H2,(H,19,21). The molecule has 1 aliphatic heterocycles. The number of aryl methyl sites for hydroxylation is 1. The molecule has 0 bridgehead atoms. The van der Waals surface area contributed by atoms with Gasteiger partial charge in [0.25, 0.3) is 0 Å². The van der Waals surface area contributed by atoms with Crippen LogP contribution in [0.2, 0.25) is 5.02 Å². The number of rotatable bonds is 5. The van der Waals surface area contributed by atoms with E-state index in [9.17, 15) is 4.79 Å². The fourth-order valence-corrected chi connectivity index (χ4v) is 3.49. The van der Waals surface area contributed by atoms with Crippen molar-refractivity contribution in [3.8, 4) is 0 Å². The van der Waals surface area contributed by atoms with Crippen molar-refractivity contribution in [2.75, 3.05) is 12.3 Å². The molecule has 116 valence electrons. The lowest BCUT2D eigenvalue weighted by atomic mass is 9.97. The predicted octanol–water partition coefficient (Wildman–Crippen LogP) is 3.01. The first-order valence-electron chi connectivity index (χ1n) is 7.38. The number of amides is 1. The zero-order chi connectivity index (χ0) is 15.4. The van der Waals surface area contributed by atoms with E-state index in [2.05, 4.69) is 14.9 Å². The molecule has 2 aromatic rings. The van der Waals surface area contributed by atoms with Gasteiger partial charge in [-0.3, -0.25) is 4.79 Å². The number of aromatic nitrogens is 2.